The maximum absolute atomic E-state index is 12.7. The van der Waals surface area contributed by atoms with Gasteiger partial charge >= 0.3 is 0 Å². The van der Waals surface area contributed by atoms with Gasteiger partial charge in [0.25, 0.3) is 0 Å². The van der Waals surface area contributed by atoms with E-state index in [4.69, 9.17) is 99.5 Å². The molecule has 12 atom stereocenters. The second-order valence-corrected chi connectivity index (χ2v) is 49.0. The van der Waals surface area contributed by atoms with Crippen LogP contribution in [0.1, 0.15) is 435 Å². The number of methoxy groups -OCH3 is 1. The molecular weight excluding hydrogens is 1720 g/mol. The molecule has 21 nitrogen and oxygen atoms in total. The SMILES string of the molecule is CC(C)CC(C)(C)COC1CCCCO1.CC(C)CC(C)COC1CCCCO1.CC(C)CC(C)OC1CCCCO1.CC(C)CC(CF)COC1CCCCO1.CC(C)CC1(C)COC(C)(C)OC1.CC(C)CC1COC(C)(C)O1.CC(C)CC1COC(C)(C)OC1.CC(C)CCC(C)(C)OC1CCCCO1.CC(C)CCC1COC(C)(C)O1.COCC(COC1CCCCO1)CC(C)C. The molecule has 10 saturated heterocycles. The third-order valence-electron chi connectivity index (χ3n) is 24.6. The quantitative estimate of drug-likeness (QED) is 0.0560. The molecule has 816 valence electrons. The highest BCUT2D eigenvalue weighted by atomic mass is 19.1. The molecule has 22 heteroatoms. The monoisotopic (exact) mass is 1950 g/mol. The highest BCUT2D eigenvalue weighted by Gasteiger charge is 2.39. The van der Waals surface area contributed by atoms with Crippen molar-refractivity contribution in [3.63, 3.8) is 0 Å². The second kappa shape index (κ2) is 74.1. The lowest BCUT2D eigenvalue weighted by molar-refractivity contribution is -0.284. The summed E-state index contributed by atoms with van der Waals surface area (Å²) >= 11 is 0. The van der Waals surface area contributed by atoms with E-state index in [1.54, 1.807) is 7.11 Å². The van der Waals surface area contributed by atoms with Crippen molar-refractivity contribution >= 4 is 0 Å². The van der Waals surface area contributed by atoms with Crippen molar-refractivity contribution in [3.8, 4) is 0 Å². The number of alkyl halides is 1. The van der Waals surface area contributed by atoms with Crippen molar-refractivity contribution in [2.24, 2.45) is 93.7 Å². The van der Waals surface area contributed by atoms with Crippen LogP contribution in [-0.4, -0.2) is 211 Å². The fourth-order valence-corrected chi connectivity index (χ4v) is 18.3. The van der Waals surface area contributed by atoms with Crippen LogP contribution >= 0.6 is 0 Å². The lowest BCUT2D eigenvalue weighted by Gasteiger charge is -2.42. The minimum atomic E-state index is -0.378. The molecule has 12 unspecified atom stereocenters. The molecule has 0 aliphatic carbocycles. The van der Waals surface area contributed by atoms with Crippen LogP contribution < -0.4 is 0 Å². The summed E-state index contributed by atoms with van der Waals surface area (Å²) in [4.78, 5) is 0. The molecule has 0 aromatic rings. The highest BCUT2D eigenvalue weighted by molar-refractivity contribution is 4.82. The predicted octanol–water partition coefficient (Wildman–Crippen LogP) is 29.5. The zero-order chi connectivity index (χ0) is 103. The van der Waals surface area contributed by atoms with Crippen LogP contribution in [0.5, 0.6) is 0 Å². The average molecular weight is 1950 g/mol. The van der Waals surface area contributed by atoms with E-state index in [-0.39, 0.29) is 89.9 Å². The molecule has 0 N–H and O–H groups in total. The topological polar surface area (TPSA) is 194 Å². The number of ether oxygens (including phenoxy) is 21. The van der Waals surface area contributed by atoms with E-state index >= 15 is 0 Å². The van der Waals surface area contributed by atoms with Gasteiger partial charge in [0, 0.05) is 69.9 Å². The van der Waals surface area contributed by atoms with Crippen molar-refractivity contribution in [3.05, 3.63) is 0 Å². The molecule has 10 rings (SSSR count). The molecule has 0 saturated carbocycles. The first-order valence-corrected chi connectivity index (χ1v) is 55.3. The van der Waals surface area contributed by atoms with Crippen molar-refractivity contribution < 1.29 is 104 Å². The molecule has 0 amide bonds. The third kappa shape index (κ3) is 75.7. The van der Waals surface area contributed by atoms with Gasteiger partial charge in [-0.2, -0.15) is 0 Å². The Labute approximate surface area is 839 Å². The lowest BCUT2D eigenvalue weighted by Crippen LogP contribution is -2.45. The first-order chi connectivity index (χ1) is 63.6. The van der Waals surface area contributed by atoms with Gasteiger partial charge in [0.15, 0.2) is 60.9 Å². The van der Waals surface area contributed by atoms with Gasteiger partial charge in [0.2, 0.25) is 0 Å². The van der Waals surface area contributed by atoms with Gasteiger partial charge in [-0.15, -0.1) is 0 Å². The van der Waals surface area contributed by atoms with Crippen LogP contribution in [0.25, 0.3) is 0 Å². The van der Waals surface area contributed by atoms with Gasteiger partial charge in [-0.05, 0) is 339 Å². The molecule has 0 aromatic heterocycles. The van der Waals surface area contributed by atoms with Crippen molar-refractivity contribution in [2.45, 2.75) is 520 Å². The van der Waals surface area contributed by atoms with Gasteiger partial charge < -0.3 is 99.5 Å². The molecule has 0 spiro atoms. The number of hydrogen-bond donors (Lipinski definition) is 0. The van der Waals surface area contributed by atoms with Crippen LogP contribution in [0.3, 0.4) is 0 Å². The van der Waals surface area contributed by atoms with Gasteiger partial charge in [-0.25, -0.2) is 0 Å². The van der Waals surface area contributed by atoms with Crippen LogP contribution in [-0.2, 0) is 99.5 Å². The lowest BCUT2D eigenvalue weighted by atomic mass is 9.83. The number of halogens is 1. The average Bonchev–Trinajstić information content (AvgIpc) is 1.01. The minimum Gasteiger partial charge on any atom is -0.384 e. The van der Waals surface area contributed by atoms with E-state index in [2.05, 4.69) is 187 Å². The van der Waals surface area contributed by atoms with E-state index in [9.17, 15) is 4.39 Å². The van der Waals surface area contributed by atoms with Crippen molar-refractivity contribution in [1.29, 1.82) is 0 Å². The Morgan fingerprint density at radius 1 is 0.353 bits per heavy atom. The number of hydrogen-bond acceptors (Lipinski definition) is 21. The Morgan fingerprint density at radius 2 is 0.735 bits per heavy atom. The van der Waals surface area contributed by atoms with E-state index < -0.39 is 0 Å². The predicted molar refractivity (Wildman–Crippen MR) is 556 cm³/mol. The fourth-order valence-electron chi connectivity index (χ4n) is 18.3. The Kier molecular flexibility index (Phi) is 72.5. The van der Waals surface area contributed by atoms with Gasteiger partial charge in [0.1, 0.15) is 0 Å². The van der Waals surface area contributed by atoms with E-state index in [1.165, 1.54) is 103 Å². The van der Waals surface area contributed by atoms with Crippen molar-refractivity contribution in [1.82, 2.24) is 0 Å². The highest BCUT2D eigenvalue weighted by Crippen LogP contribution is 2.37. The van der Waals surface area contributed by atoms with Crippen LogP contribution in [0, 0.1) is 93.7 Å². The number of rotatable bonds is 41. The molecule has 0 radical (unpaired) electrons. The summed E-state index contributed by atoms with van der Waals surface area (Å²) in [5.74, 6) is 7.43. The summed E-state index contributed by atoms with van der Waals surface area (Å²) in [6.45, 7) is 89.2. The van der Waals surface area contributed by atoms with E-state index in [1.807, 2.05) is 55.4 Å². The summed E-state index contributed by atoms with van der Waals surface area (Å²) in [5, 5.41) is 0. The molecule has 10 fully saturated rings. The summed E-state index contributed by atoms with van der Waals surface area (Å²) < 4.78 is 130. The van der Waals surface area contributed by atoms with Gasteiger partial charge in [0.05, 0.1) is 103 Å². The fraction of sp³-hybridized carbons (Fsp3) is 1.00. The largest absolute Gasteiger partial charge is 0.384 e. The molecular formula is C114H227FO21. The zero-order valence-corrected chi connectivity index (χ0v) is 95.7. The summed E-state index contributed by atoms with van der Waals surface area (Å²) in [5.41, 5.74) is 0.449. The second-order valence-electron chi connectivity index (χ2n) is 49.0. The van der Waals surface area contributed by atoms with E-state index in [0.717, 1.165) is 225 Å². The smallest absolute Gasteiger partial charge is 0.163 e. The van der Waals surface area contributed by atoms with Crippen molar-refractivity contribution in [2.75, 3.05) is 126 Å². The van der Waals surface area contributed by atoms with Crippen LogP contribution in [0.15, 0.2) is 0 Å². The molecule has 10 heterocycles. The Hall–Kier alpha value is -0.910. The van der Waals surface area contributed by atoms with Crippen LogP contribution in [0.2, 0.25) is 0 Å². The Bertz CT molecular complexity index is 2690. The summed E-state index contributed by atoms with van der Waals surface area (Å²) in [7, 11) is 1.75. The molecule has 0 bridgehead atoms. The third-order valence-corrected chi connectivity index (χ3v) is 24.6. The molecule has 0 aromatic carbocycles. The molecule has 136 heavy (non-hydrogen) atoms. The maximum atomic E-state index is 12.7. The standard InChI is InChI=1S/C13H26O3.2C13H26O2.C12H23FO2.C12H24O2.2C11H22O2.2C10H20O2.C9H18O2/c1-11(2)8-12(9-14-3)10-16-13-6-4-5-7-15-13;1-11(2)8-9-13(3,4)15-12-7-5-6-10-14-12;1-11(2)9-13(3,4)10-15-12-7-5-6-8-14-12;1-10(2)7-11(8-13)9-15-12-5-3-4-6-14-12;1-10(2)8-11(3)9-14-12-6-4-5-7-13-12;1-9(2)6-11(5)7-12-10(3,4)13-8-11;1-9(2)8-10(3)13-11-6-4-5-7-12-11;1-8(2)5-9-6-11-10(3,4)12-7-9;1-8(2)5-6-9-7-11-10(3,4)12-9;1-7(2)5-8-6-10-9(3,4)11-8/h11-13H,4-10H2,1-3H3;2*11-12H,5-10H2,1-4H3;10-12H,3-9H2,1-2H3;10-12H,4-9H2,1-3H3;9H,6-8H2,1-5H3;9-11H,4-8H2,1-3H3;2*8-9H,5-7H2,1-4H3;7-8H,5-6H2,1-4H3. The molecule has 10 aliphatic rings. The maximum Gasteiger partial charge on any atom is 0.163 e. The Morgan fingerprint density at radius 3 is 1.10 bits per heavy atom. The summed E-state index contributed by atoms with van der Waals surface area (Å²) in [6.07, 6.45) is 35.7. The normalized spacial score (nSPS) is 25.3. The summed E-state index contributed by atoms with van der Waals surface area (Å²) in [6, 6.07) is 0. The first-order valence-electron chi connectivity index (χ1n) is 55.3. The minimum absolute atomic E-state index is 0.0280. The van der Waals surface area contributed by atoms with Gasteiger partial charge in [-0.1, -0.05) is 166 Å². The van der Waals surface area contributed by atoms with Gasteiger partial charge in [-0.3, -0.25) is 4.39 Å². The van der Waals surface area contributed by atoms with E-state index in [0.29, 0.717) is 72.3 Å². The first kappa shape index (κ1) is 133. The molecule has 10 aliphatic heterocycles. The Balaban J connectivity index is 0.000000757. The zero-order valence-electron chi connectivity index (χ0n) is 95.7. The van der Waals surface area contributed by atoms with Crippen LogP contribution in [0.4, 0.5) is 4.39 Å².